The summed E-state index contributed by atoms with van der Waals surface area (Å²) in [6, 6.07) is 5.40. The molecule has 5 nitrogen and oxygen atoms in total. The number of carbonyl (C=O) groups excluding carboxylic acids is 1. The average molecular weight is 395 g/mol. The topological polar surface area (TPSA) is 59.0 Å². The monoisotopic (exact) mass is 394 g/mol. The molecule has 7 heteroatoms. The zero-order valence-electron chi connectivity index (χ0n) is 15.1. The maximum Gasteiger partial charge on any atom is 0.224 e. The fourth-order valence-corrected chi connectivity index (χ4v) is 3.69. The molecule has 1 aliphatic rings. The van der Waals surface area contributed by atoms with Crippen LogP contribution in [0.4, 0.5) is 0 Å². The predicted octanol–water partition coefficient (Wildman–Crippen LogP) is 3.45. The molecule has 1 unspecified atom stereocenters. The smallest absolute Gasteiger partial charge is 0.224 e. The number of amides is 1. The van der Waals surface area contributed by atoms with Gasteiger partial charge in [0.05, 0.1) is 27.8 Å². The van der Waals surface area contributed by atoms with Crippen molar-refractivity contribution in [3.63, 3.8) is 0 Å². The highest BCUT2D eigenvalue weighted by molar-refractivity contribution is 6.42. The third-order valence-electron chi connectivity index (χ3n) is 4.96. The van der Waals surface area contributed by atoms with Crippen LogP contribution in [0.1, 0.15) is 29.8 Å². The molecule has 0 saturated carbocycles. The lowest BCUT2D eigenvalue weighted by Crippen LogP contribution is -2.28. The van der Waals surface area contributed by atoms with E-state index < -0.39 is 0 Å². The third-order valence-corrected chi connectivity index (χ3v) is 5.70. The molecule has 2 N–H and O–H groups in total. The maximum absolute atomic E-state index is 12.3. The lowest BCUT2D eigenvalue weighted by Gasteiger charge is -2.10. The van der Waals surface area contributed by atoms with Crippen molar-refractivity contribution in [1.82, 2.24) is 20.4 Å². The van der Waals surface area contributed by atoms with E-state index in [1.807, 2.05) is 24.6 Å². The molecule has 1 aromatic carbocycles. The molecule has 1 atom stereocenters. The maximum atomic E-state index is 12.3. The lowest BCUT2D eigenvalue weighted by molar-refractivity contribution is -0.120. The summed E-state index contributed by atoms with van der Waals surface area (Å²) in [6.07, 6.45) is 2.56. The van der Waals surface area contributed by atoms with Crippen LogP contribution in [0.5, 0.6) is 0 Å². The Kier molecular flexibility index (Phi) is 6.22. The molecule has 2 heterocycles. The van der Waals surface area contributed by atoms with Crippen LogP contribution in [-0.2, 0) is 11.2 Å². The fraction of sp³-hybridized carbons (Fsp3) is 0.474. The Morgan fingerprint density at radius 3 is 2.85 bits per heavy atom. The third kappa shape index (κ3) is 4.40. The molecule has 1 fully saturated rings. The number of aryl methyl sites for hydroxylation is 1. The molecule has 140 valence electrons. The predicted molar refractivity (Wildman–Crippen MR) is 105 cm³/mol. The van der Waals surface area contributed by atoms with Gasteiger partial charge in [0.1, 0.15) is 0 Å². The summed E-state index contributed by atoms with van der Waals surface area (Å²) in [5, 5.41) is 12.0. The molecule has 1 aliphatic heterocycles. The average Bonchev–Trinajstić information content (AvgIpc) is 3.21. The zero-order chi connectivity index (χ0) is 18.7. The van der Waals surface area contributed by atoms with Crippen molar-refractivity contribution in [1.29, 1.82) is 0 Å². The largest absolute Gasteiger partial charge is 0.356 e. The van der Waals surface area contributed by atoms with Gasteiger partial charge in [-0.25, -0.2) is 4.68 Å². The summed E-state index contributed by atoms with van der Waals surface area (Å²) in [4.78, 5) is 12.3. The summed E-state index contributed by atoms with van der Waals surface area (Å²) >= 11 is 12.1. The van der Waals surface area contributed by atoms with E-state index in [0.29, 0.717) is 22.4 Å². The van der Waals surface area contributed by atoms with Crippen molar-refractivity contribution in [3.05, 3.63) is 45.2 Å². The Balaban J connectivity index is 1.65. The number of hydrogen-bond donors (Lipinski definition) is 2. The van der Waals surface area contributed by atoms with E-state index in [-0.39, 0.29) is 5.91 Å². The quantitative estimate of drug-likeness (QED) is 0.788. The van der Waals surface area contributed by atoms with Crippen LogP contribution in [-0.4, -0.2) is 35.3 Å². The molecule has 2 aromatic rings. The zero-order valence-corrected chi connectivity index (χ0v) is 16.6. The highest BCUT2D eigenvalue weighted by Crippen LogP contribution is 2.26. The van der Waals surface area contributed by atoms with Gasteiger partial charge >= 0.3 is 0 Å². The summed E-state index contributed by atoms with van der Waals surface area (Å²) in [5.41, 5.74) is 3.58. The molecular formula is C19H24Cl2N4O. The minimum absolute atomic E-state index is 0.0378. The first kappa shape index (κ1) is 19.2. The van der Waals surface area contributed by atoms with E-state index in [2.05, 4.69) is 15.7 Å². The normalized spacial score (nSPS) is 16.8. The molecule has 1 saturated heterocycles. The van der Waals surface area contributed by atoms with Gasteiger partial charge < -0.3 is 10.6 Å². The number of nitrogens with zero attached hydrogens (tertiary/aromatic N) is 2. The van der Waals surface area contributed by atoms with Crippen LogP contribution in [0.15, 0.2) is 18.2 Å². The van der Waals surface area contributed by atoms with E-state index in [1.54, 1.807) is 12.1 Å². The van der Waals surface area contributed by atoms with E-state index in [0.717, 1.165) is 48.7 Å². The van der Waals surface area contributed by atoms with Crippen molar-refractivity contribution in [3.8, 4) is 5.69 Å². The second-order valence-electron chi connectivity index (χ2n) is 6.83. The van der Waals surface area contributed by atoms with E-state index in [9.17, 15) is 4.79 Å². The van der Waals surface area contributed by atoms with Gasteiger partial charge in [-0.2, -0.15) is 5.10 Å². The Morgan fingerprint density at radius 2 is 2.15 bits per heavy atom. The van der Waals surface area contributed by atoms with Crippen molar-refractivity contribution >= 4 is 29.1 Å². The standard InChI is InChI=1S/C19H24Cl2N4O/c1-12-16(10-19(26)23-8-6-14-5-7-22-11-14)13(2)25(24-12)15-3-4-17(20)18(21)9-15/h3-4,9,14,22H,5-8,10-11H2,1-2H3,(H,23,26). The Labute approximate surface area is 164 Å². The van der Waals surface area contributed by atoms with E-state index in [1.165, 1.54) is 6.42 Å². The highest BCUT2D eigenvalue weighted by atomic mass is 35.5. The van der Waals surface area contributed by atoms with Crippen molar-refractivity contribution in [2.45, 2.75) is 33.1 Å². The van der Waals surface area contributed by atoms with Gasteiger partial charge in [0.2, 0.25) is 5.91 Å². The number of aromatic nitrogens is 2. The fourth-order valence-electron chi connectivity index (χ4n) is 3.40. The van der Waals surface area contributed by atoms with Gasteiger partial charge in [0.25, 0.3) is 0 Å². The molecule has 3 rings (SSSR count). The molecule has 1 amide bonds. The number of benzene rings is 1. The molecule has 1 aromatic heterocycles. The Hall–Kier alpha value is -1.56. The number of halogens is 2. The Morgan fingerprint density at radius 1 is 1.35 bits per heavy atom. The van der Waals surface area contributed by atoms with Gasteiger partial charge in [-0.1, -0.05) is 23.2 Å². The van der Waals surface area contributed by atoms with Crippen LogP contribution in [0.2, 0.25) is 10.0 Å². The molecule has 0 bridgehead atoms. The van der Waals surface area contributed by atoms with Crippen molar-refractivity contribution < 1.29 is 4.79 Å². The number of hydrogen-bond acceptors (Lipinski definition) is 3. The summed E-state index contributed by atoms with van der Waals surface area (Å²) in [7, 11) is 0. The van der Waals surface area contributed by atoms with Crippen molar-refractivity contribution in [2.75, 3.05) is 19.6 Å². The van der Waals surface area contributed by atoms with Crippen LogP contribution in [0.3, 0.4) is 0 Å². The van der Waals surface area contributed by atoms with Crippen LogP contribution in [0, 0.1) is 19.8 Å². The van der Waals surface area contributed by atoms with Crippen LogP contribution >= 0.6 is 23.2 Å². The lowest BCUT2D eigenvalue weighted by atomic mass is 10.1. The van der Waals surface area contributed by atoms with Gasteiger partial charge in [-0.3, -0.25) is 4.79 Å². The number of nitrogens with one attached hydrogen (secondary N) is 2. The molecule has 0 spiro atoms. The van der Waals surface area contributed by atoms with Crippen LogP contribution < -0.4 is 10.6 Å². The molecule has 0 radical (unpaired) electrons. The first-order valence-electron chi connectivity index (χ1n) is 8.93. The van der Waals surface area contributed by atoms with E-state index in [4.69, 9.17) is 23.2 Å². The number of rotatable bonds is 6. The molecular weight excluding hydrogens is 371 g/mol. The summed E-state index contributed by atoms with van der Waals surface area (Å²) < 4.78 is 1.81. The first-order valence-corrected chi connectivity index (χ1v) is 9.69. The first-order chi connectivity index (χ1) is 12.5. The van der Waals surface area contributed by atoms with Gasteiger partial charge in [-0.05, 0) is 63.9 Å². The summed E-state index contributed by atoms with van der Waals surface area (Å²) in [5.74, 6) is 0.715. The van der Waals surface area contributed by atoms with Crippen LogP contribution in [0.25, 0.3) is 5.69 Å². The highest BCUT2D eigenvalue weighted by Gasteiger charge is 2.18. The van der Waals surface area contributed by atoms with Gasteiger partial charge in [-0.15, -0.1) is 0 Å². The SMILES string of the molecule is Cc1nn(-c2ccc(Cl)c(Cl)c2)c(C)c1CC(=O)NCCC1CCNC1. The summed E-state index contributed by atoms with van der Waals surface area (Å²) in [6.45, 7) is 6.77. The molecule has 0 aliphatic carbocycles. The van der Waals surface area contributed by atoms with E-state index >= 15 is 0 Å². The second kappa shape index (κ2) is 8.42. The Bertz CT molecular complexity index is 797. The van der Waals surface area contributed by atoms with Crippen molar-refractivity contribution in [2.24, 2.45) is 5.92 Å². The van der Waals surface area contributed by atoms with Gasteiger partial charge in [0.15, 0.2) is 0 Å². The molecule has 26 heavy (non-hydrogen) atoms. The second-order valence-corrected chi connectivity index (χ2v) is 7.65. The van der Waals surface area contributed by atoms with Gasteiger partial charge in [0, 0.05) is 17.8 Å². The minimum atomic E-state index is 0.0378. The minimum Gasteiger partial charge on any atom is -0.356 e. The number of carbonyl (C=O) groups is 1.